The first-order chi connectivity index (χ1) is 12.9. The van der Waals surface area contributed by atoms with E-state index >= 15 is 0 Å². The fourth-order valence-electron chi connectivity index (χ4n) is 2.55. The number of nitrogens with one attached hydrogen (secondary N) is 2. The minimum atomic E-state index is -3.64. The highest BCUT2D eigenvalue weighted by molar-refractivity contribution is 7.92. The Balaban J connectivity index is 0.000000253. The number of carbonyl (C=O) groups is 1. The summed E-state index contributed by atoms with van der Waals surface area (Å²) < 4.78 is 27.0. The van der Waals surface area contributed by atoms with Gasteiger partial charge < -0.3 is 11.1 Å². The van der Waals surface area contributed by atoms with Gasteiger partial charge in [0.2, 0.25) is 5.91 Å². The molecule has 138 valence electrons. The van der Waals surface area contributed by atoms with Crippen LogP contribution in [0.5, 0.6) is 0 Å². The molecule has 0 aromatic heterocycles. The fraction of sp³-hybridized carbons (Fsp3) is 0.0500. The molecule has 1 amide bonds. The maximum atomic E-state index is 12.3. The van der Waals surface area contributed by atoms with E-state index in [1.54, 1.807) is 30.3 Å². The maximum absolute atomic E-state index is 12.3. The molecule has 1 aliphatic heterocycles. The van der Waals surface area contributed by atoms with E-state index in [9.17, 15) is 13.2 Å². The number of nitrogen functional groups attached to an aromatic ring is 1. The number of hydrogen-bond donors (Lipinski definition) is 3. The van der Waals surface area contributed by atoms with Gasteiger partial charge in [-0.2, -0.15) is 0 Å². The zero-order valence-corrected chi connectivity index (χ0v) is 15.2. The van der Waals surface area contributed by atoms with Crippen LogP contribution in [0.25, 0.3) is 0 Å². The summed E-state index contributed by atoms with van der Waals surface area (Å²) in [6.07, 6.45) is 0.212. The van der Waals surface area contributed by atoms with Crippen LogP contribution in [0.1, 0.15) is 5.56 Å². The van der Waals surface area contributed by atoms with E-state index in [4.69, 9.17) is 5.73 Å². The van der Waals surface area contributed by atoms with Crippen molar-refractivity contribution in [1.29, 1.82) is 0 Å². The van der Waals surface area contributed by atoms with Gasteiger partial charge >= 0.3 is 0 Å². The van der Waals surface area contributed by atoms with E-state index in [0.717, 1.165) is 5.69 Å². The van der Waals surface area contributed by atoms with Crippen LogP contribution < -0.4 is 15.8 Å². The van der Waals surface area contributed by atoms with Crippen molar-refractivity contribution in [1.82, 2.24) is 0 Å². The molecule has 3 aromatic rings. The number of benzene rings is 3. The van der Waals surface area contributed by atoms with Crippen LogP contribution in [0, 0.1) is 0 Å². The molecule has 1 heterocycles. The van der Waals surface area contributed by atoms with Gasteiger partial charge in [-0.3, -0.25) is 9.52 Å². The van der Waals surface area contributed by atoms with Crippen LogP contribution in [-0.2, 0) is 21.2 Å². The molecule has 0 radical (unpaired) electrons. The summed E-state index contributed by atoms with van der Waals surface area (Å²) in [6.45, 7) is 0. The van der Waals surface area contributed by atoms with Gasteiger partial charge in [-0.05, 0) is 48.0 Å². The molecule has 0 unspecified atom stereocenters. The van der Waals surface area contributed by atoms with Crippen LogP contribution in [0.2, 0.25) is 0 Å². The van der Waals surface area contributed by atoms with Crippen molar-refractivity contribution in [3.63, 3.8) is 0 Å². The molecule has 0 bridgehead atoms. The van der Waals surface area contributed by atoms with Gasteiger partial charge in [0.25, 0.3) is 10.0 Å². The molecule has 7 heteroatoms. The highest BCUT2D eigenvalue weighted by Crippen LogP contribution is 2.26. The van der Waals surface area contributed by atoms with E-state index in [1.165, 1.54) is 12.1 Å². The Morgan fingerprint density at radius 2 is 1.52 bits per heavy atom. The average molecular weight is 381 g/mol. The smallest absolute Gasteiger partial charge is 0.261 e. The van der Waals surface area contributed by atoms with Crippen LogP contribution in [0.4, 0.5) is 17.1 Å². The topological polar surface area (TPSA) is 101 Å². The zero-order valence-electron chi connectivity index (χ0n) is 14.4. The van der Waals surface area contributed by atoms with E-state index in [-0.39, 0.29) is 17.2 Å². The number of hydrogen-bond acceptors (Lipinski definition) is 4. The molecule has 1 aliphatic rings. The lowest BCUT2D eigenvalue weighted by Crippen LogP contribution is -2.13. The Hall–Kier alpha value is -3.32. The molecule has 0 saturated carbocycles. The lowest BCUT2D eigenvalue weighted by Gasteiger charge is -2.09. The highest BCUT2D eigenvalue weighted by Gasteiger charge is 2.21. The fourth-order valence-corrected chi connectivity index (χ4v) is 3.65. The highest BCUT2D eigenvalue weighted by atomic mass is 32.2. The van der Waals surface area contributed by atoms with Crippen molar-refractivity contribution < 1.29 is 13.2 Å². The molecular formula is C20H19N3O3S. The summed E-state index contributed by atoms with van der Waals surface area (Å²) in [4.78, 5) is 11.4. The first kappa shape index (κ1) is 18.5. The zero-order chi connectivity index (χ0) is 19.3. The van der Waals surface area contributed by atoms with Crippen LogP contribution >= 0.6 is 0 Å². The summed E-state index contributed by atoms with van der Waals surface area (Å²) in [5.74, 6) is -0.120. The van der Waals surface area contributed by atoms with E-state index in [2.05, 4.69) is 10.0 Å². The molecule has 0 aliphatic carbocycles. The second kappa shape index (κ2) is 7.92. The average Bonchev–Trinajstić information content (AvgIpc) is 3.02. The number of anilines is 3. The number of rotatable bonds is 3. The Labute approximate surface area is 158 Å². The quantitative estimate of drug-likeness (QED) is 0.606. The van der Waals surface area contributed by atoms with Crippen molar-refractivity contribution in [2.24, 2.45) is 0 Å². The van der Waals surface area contributed by atoms with Crippen LogP contribution in [-0.4, -0.2) is 14.3 Å². The molecule has 4 rings (SSSR count). The summed E-state index contributed by atoms with van der Waals surface area (Å²) in [7, 11) is -3.64. The first-order valence-electron chi connectivity index (χ1n) is 8.25. The molecule has 0 spiro atoms. The Bertz CT molecular complexity index is 1040. The number of para-hydroxylation sites is 2. The normalized spacial score (nSPS) is 12.4. The largest absolute Gasteiger partial charge is 0.399 e. The van der Waals surface area contributed by atoms with E-state index in [1.807, 2.05) is 36.4 Å². The molecule has 4 N–H and O–H groups in total. The number of carbonyl (C=O) groups excluding carboxylic acids is 1. The molecule has 27 heavy (non-hydrogen) atoms. The minimum absolute atomic E-state index is 0.120. The predicted octanol–water partition coefficient (Wildman–Crippen LogP) is 3.25. The van der Waals surface area contributed by atoms with Gasteiger partial charge in [-0.25, -0.2) is 8.42 Å². The summed E-state index contributed by atoms with van der Waals surface area (Å²) in [5, 5.41) is 2.67. The van der Waals surface area contributed by atoms with Crippen molar-refractivity contribution in [2.45, 2.75) is 11.3 Å². The molecule has 0 fully saturated rings. The van der Waals surface area contributed by atoms with Crippen molar-refractivity contribution in [3.8, 4) is 0 Å². The summed E-state index contributed by atoms with van der Waals surface area (Å²) >= 11 is 0. The molecule has 0 saturated heterocycles. The number of fused-ring (bicyclic) bond motifs is 1. The third-order valence-corrected chi connectivity index (χ3v) is 5.22. The molecule has 6 nitrogen and oxygen atoms in total. The summed E-state index contributed by atoms with van der Waals surface area (Å²) in [6, 6.07) is 22.8. The second-order valence-electron chi connectivity index (χ2n) is 5.93. The standard InChI is InChI=1S/C14H12N2O3S.C6H7N/c17-14-9-10-8-12(6-7-13(10)15-14)20(18,19)16-11-4-2-1-3-5-11;7-6-4-2-1-3-5-6/h1-8,16H,9H2,(H,15,17);1-5H,7H2. The third kappa shape index (κ3) is 4.86. The number of sulfonamides is 1. The summed E-state index contributed by atoms with van der Waals surface area (Å²) in [5.41, 5.74) is 8.06. The molecule has 0 atom stereocenters. The molecule has 3 aromatic carbocycles. The first-order valence-corrected chi connectivity index (χ1v) is 9.73. The van der Waals surface area contributed by atoms with Gasteiger partial charge in [0, 0.05) is 17.1 Å². The van der Waals surface area contributed by atoms with Gasteiger partial charge in [0.05, 0.1) is 11.3 Å². The Kier molecular flexibility index (Phi) is 5.42. The van der Waals surface area contributed by atoms with Crippen LogP contribution in [0.15, 0.2) is 83.8 Å². The molecular weight excluding hydrogens is 362 g/mol. The SMILES string of the molecule is Nc1ccccc1.O=C1Cc2cc(S(=O)(=O)Nc3ccccc3)ccc2N1. The van der Waals surface area contributed by atoms with Crippen LogP contribution in [0.3, 0.4) is 0 Å². The van der Waals surface area contributed by atoms with Crippen molar-refractivity contribution in [2.75, 3.05) is 15.8 Å². The Morgan fingerprint density at radius 1 is 0.889 bits per heavy atom. The van der Waals surface area contributed by atoms with Gasteiger partial charge in [-0.1, -0.05) is 36.4 Å². The lowest BCUT2D eigenvalue weighted by atomic mass is 10.2. The maximum Gasteiger partial charge on any atom is 0.261 e. The predicted molar refractivity (Wildman–Crippen MR) is 107 cm³/mol. The second-order valence-corrected chi connectivity index (χ2v) is 7.61. The monoisotopic (exact) mass is 381 g/mol. The lowest BCUT2D eigenvalue weighted by molar-refractivity contribution is -0.115. The van der Waals surface area contributed by atoms with Gasteiger partial charge in [0.1, 0.15) is 0 Å². The van der Waals surface area contributed by atoms with Crippen molar-refractivity contribution in [3.05, 3.63) is 84.4 Å². The van der Waals surface area contributed by atoms with Gasteiger partial charge in [0.15, 0.2) is 0 Å². The minimum Gasteiger partial charge on any atom is -0.399 e. The van der Waals surface area contributed by atoms with E-state index < -0.39 is 10.0 Å². The number of nitrogens with two attached hydrogens (primary N) is 1. The number of amides is 1. The van der Waals surface area contributed by atoms with E-state index in [0.29, 0.717) is 16.9 Å². The van der Waals surface area contributed by atoms with Gasteiger partial charge in [-0.15, -0.1) is 0 Å². The Morgan fingerprint density at radius 3 is 2.11 bits per heavy atom. The third-order valence-electron chi connectivity index (χ3n) is 3.84. The van der Waals surface area contributed by atoms with Crippen molar-refractivity contribution >= 4 is 33.0 Å².